The van der Waals surface area contributed by atoms with Crippen molar-refractivity contribution in [2.24, 2.45) is 0 Å². The molecular formula is C14H12O2. The van der Waals surface area contributed by atoms with Gasteiger partial charge in [0.15, 0.2) is 5.78 Å². The smallest absolute Gasteiger partial charge is 0.181 e. The molecule has 0 bridgehead atoms. The summed E-state index contributed by atoms with van der Waals surface area (Å²) in [5, 5.41) is 0. The van der Waals surface area contributed by atoms with Gasteiger partial charge < -0.3 is 4.74 Å². The zero-order valence-corrected chi connectivity index (χ0v) is 9.28. The topological polar surface area (TPSA) is 26.3 Å². The van der Waals surface area contributed by atoms with Gasteiger partial charge in [-0.15, -0.1) is 0 Å². The fourth-order valence-corrected chi connectivity index (χ4v) is 2.27. The van der Waals surface area contributed by atoms with E-state index in [1.54, 1.807) is 12.2 Å². The molecule has 1 unspecified atom stereocenters. The molecule has 2 nitrogen and oxygen atoms in total. The van der Waals surface area contributed by atoms with Crippen LogP contribution in [-0.4, -0.2) is 5.78 Å². The van der Waals surface area contributed by atoms with E-state index in [0.717, 1.165) is 17.1 Å². The minimum atomic E-state index is -0.269. The summed E-state index contributed by atoms with van der Waals surface area (Å²) in [6.07, 6.45) is 5.12. The lowest BCUT2D eigenvalue weighted by Gasteiger charge is -2.22. The van der Waals surface area contributed by atoms with Gasteiger partial charge in [0.25, 0.3) is 0 Å². The number of rotatable bonds is 0. The van der Waals surface area contributed by atoms with Crippen molar-refractivity contribution in [1.29, 1.82) is 0 Å². The first-order valence-corrected chi connectivity index (χ1v) is 5.34. The first-order chi connectivity index (χ1) is 7.59. The molecule has 0 amide bonds. The second-order valence-electron chi connectivity index (χ2n) is 4.55. The van der Waals surface area contributed by atoms with E-state index in [-0.39, 0.29) is 11.2 Å². The number of carbonyl (C=O) groups is 1. The number of hydrogen-bond acceptors (Lipinski definition) is 2. The van der Waals surface area contributed by atoms with Gasteiger partial charge >= 0.3 is 0 Å². The van der Waals surface area contributed by atoms with E-state index in [4.69, 9.17) is 4.74 Å². The van der Waals surface area contributed by atoms with Crippen LogP contribution in [0.5, 0.6) is 5.75 Å². The molecule has 1 aromatic carbocycles. The maximum absolute atomic E-state index is 11.3. The maximum Gasteiger partial charge on any atom is 0.181 e. The molecule has 1 heterocycles. The van der Waals surface area contributed by atoms with Crippen LogP contribution >= 0.6 is 0 Å². The number of benzene rings is 1. The third kappa shape index (κ3) is 1.10. The summed E-state index contributed by atoms with van der Waals surface area (Å²) in [7, 11) is 0. The lowest BCUT2D eigenvalue weighted by molar-refractivity contribution is -0.110. The van der Waals surface area contributed by atoms with Crippen molar-refractivity contribution in [1.82, 2.24) is 0 Å². The zero-order valence-electron chi connectivity index (χ0n) is 9.28. The molecule has 2 heteroatoms. The van der Waals surface area contributed by atoms with Crippen molar-refractivity contribution in [3.8, 4) is 5.75 Å². The van der Waals surface area contributed by atoms with Crippen molar-refractivity contribution >= 4 is 5.78 Å². The van der Waals surface area contributed by atoms with Gasteiger partial charge in [-0.2, -0.15) is 0 Å². The summed E-state index contributed by atoms with van der Waals surface area (Å²) >= 11 is 0. The highest BCUT2D eigenvalue weighted by Crippen LogP contribution is 2.47. The number of aryl methyl sites for hydroxylation is 1. The van der Waals surface area contributed by atoms with Gasteiger partial charge in [0, 0.05) is 11.6 Å². The van der Waals surface area contributed by atoms with Crippen LogP contribution in [0.3, 0.4) is 0 Å². The molecule has 0 radical (unpaired) electrons. The second kappa shape index (κ2) is 2.85. The molecule has 0 aromatic heterocycles. The van der Waals surface area contributed by atoms with Gasteiger partial charge in [0.05, 0.1) is 5.41 Å². The summed E-state index contributed by atoms with van der Waals surface area (Å²) in [5.74, 6) is 1.59. The lowest BCUT2D eigenvalue weighted by atomic mass is 9.78. The monoisotopic (exact) mass is 212 g/mol. The maximum atomic E-state index is 11.3. The molecule has 0 N–H and O–H groups in total. The van der Waals surface area contributed by atoms with E-state index in [2.05, 4.69) is 19.9 Å². The summed E-state index contributed by atoms with van der Waals surface area (Å²) < 4.78 is 5.73. The highest BCUT2D eigenvalue weighted by Gasteiger charge is 2.41. The van der Waals surface area contributed by atoms with Crippen molar-refractivity contribution in [3.63, 3.8) is 0 Å². The number of ketones is 1. The van der Waals surface area contributed by atoms with Gasteiger partial charge in [0.2, 0.25) is 0 Å². The Balaban J connectivity index is 2.24. The number of allylic oxidation sites excluding steroid dienone is 3. The molecule has 0 saturated heterocycles. The largest absolute Gasteiger partial charge is 0.460 e. The van der Waals surface area contributed by atoms with Crippen LogP contribution in [-0.2, 0) is 10.2 Å². The molecule has 16 heavy (non-hydrogen) atoms. The molecule has 2 aliphatic rings. The van der Waals surface area contributed by atoms with Crippen LogP contribution in [0.25, 0.3) is 0 Å². The van der Waals surface area contributed by atoms with Crippen LogP contribution in [0.1, 0.15) is 18.1 Å². The van der Waals surface area contributed by atoms with E-state index < -0.39 is 0 Å². The average Bonchev–Trinajstić information content (AvgIpc) is 2.52. The zero-order chi connectivity index (χ0) is 11.3. The fraction of sp³-hybridized carbons (Fsp3) is 0.214. The standard InChI is InChI=1S/C14H12O2/c1-9-3-4-12-11(7-9)14(2)6-5-10(15)8-13(14)16-12/h3-8H,1-2H3. The van der Waals surface area contributed by atoms with Crippen LogP contribution in [0.4, 0.5) is 0 Å². The van der Waals surface area contributed by atoms with Crippen LogP contribution < -0.4 is 4.74 Å². The van der Waals surface area contributed by atoms with Gasteiger partial charge in [-0.05, 0) is 26.0 Å². The van der Waals surface area contributed by atoms with E-state index in [1.165, 1.54) is 5.56 Å². The molecule has 0 fully saturated rings. The van der Waals surface area contributed by atoms with Crippen LogP contribution in [0, 0.1) is 6.92 Å². The van der Waals surface area contributed by atoms with E-state index >= 15 is 0 Å². The highest BCUT2D eigenvalue weighted by molar-refractivity contribution is 6.01. The number of hydrogen-bond donors (Lipinski definition) is 0. The Bertz CT molecular complexity index is 552. The SMILES string of the molecule is Cc1ccc2c(c1)C1(C)C=CC(=O)C=C1O2. The summed E-state index contributed by atoms with van der Waals surface area (Å²) in [5.41, 5.74) is 2.08. The number of fused-ring (bicyclic) bond motifs is 3. The minimum Gasteiger partial charge on any atom is -0.460 e. The van der Waals surface area contributed by atoms with Crippen LogP contribution in [0.2, 0.25) is 0 Å². The molecule has 0 saturated carbocycles. The van der Waals surface area contributed by atoms with Crippen molar-refractivity contribution in [2.75, 3.05) is 0 Å². The Morgan fingerprint density at radius 2 is 2.12 bits per heavy atom. The van der Waals surface area contributed by atoms with E-state index in [0.29, 0.717) is 0 Å². The first kappa shape index (κ1) is 9.40. The second-order valence-corrected chi connectivity index (χ2v) is 4.55. The third-order valence-electron chi connectivity index (χ3n) is 3.28. The lowest BCUT2D eigenvalue weighted by Crippen LogP contribution is -2.22. The molecular weight excluding hydrogens is 200 g/mol. The summed E-state index contributed by atoms with van der Waals surface area (Å²) in [6, 6.07) is 6.11. The average molecular weight is 212 g/mol. The summed E-state index contributed by atoms with van der Waals surface area (Å²) in [4.78, 5) is 11.3. The molecule has 0 spiro atoms. The van der Waals surface area contributed by atoms with Gasteiger partial charge in [-0.25, -0.2) is 0 Å². The molecule has 3 rings (SSSR count). The normalized spacial score (nSPS) is 25.9. The number of ether oxygens (including phenoxy) is 1. The Labute approximate surface area is 94.2 Å². The number of carbonyl (C=O) groups excluding carboxylic acids is 1. The predicted octanol–water partition coefficient (Wildman–Crippen LogP) is 2.67. The first-order valence-electron chi connectivity index (χ1n) is 5.34. The predicted molar refractivity (Wildman–Crippen MR) is 61.4 cm³/mol. The van der Waals surface area contributed by atoms with Crippen molar-refractivity contribution in [3.05, 3.63) is 53.3 Å². The molecule has 1 aliphatic heterocycles. The molecule has 1 aromatic rings. The van der Waals surface area contributed by atoms with E-state index in [9.17, 15) is 4.79 Å². The third-order valence-corrected chi connectivity index (χ3v) is 3.28. The Morgan fingerprint density at radius 3 is 2.94 bits per heavy atom. The van der Waals surface area contributed by atoms with Gasteiger partial charge in [0.1, 0.15) is 11.5 Å². The molecule has 1 atom stereocenters. The Morgan fingerprint density at radius 1 is 1.31 bits per heavy atom. The minimum absolute atomic E-state index is 0.00277. The molecule has 1 aliphatic carbocycles. The van der Waals surface area contributed by atoms with E-state index in [1.807, 2.05) is 18.2 Å². The van der Waals surface area contributed by atoms with Crippen molar-refractivity contribution in [2.45, 2.75) is 19.3 Å². The fourth-order valence-electron chi connectivity index (χ4n) is 2.27. The summed E-state index contributed by atoms with van der Waals surface area (Å²) in [6.45, 7) is 4.14. The Kier molecular flexibility index (Phi) is 1.67. The van der Waals surface area contributed by atoms with Crippen LogP contribution in [0.15, 0.2) is 42.2 Å². The quantitative estimate of drug-likeness (QED) is 0.661. The molecule has 80 valence electrons. The highest BCUT2D eigenvalue weighted by atomic mass is 16.5. The van der Waals surface area contributed by atoms with Crippen molar-refractivity contribution < 1.29 is 9.53 Å². The van der Waals surface area contributed by atoms with Gasteiger partial charge in [-0.1, -0.05) is 23.8 Å². The van der Waals surface area contributed by atoms with Gasteiger partial charge in [-0.3, -0.25) is 4.79 Å². The Hall–Kier alpha value is -1.83.